The predicted octanol–water partition coefficient (Wildman–Crippen LogP) is 1.66. The van der Waals surface area contributed by atoms with Crippen molar-refractivity contribution >= 4 is 0 Å². The Morgan fingerprint density at radius 1 is 0.889 bits per heavy atom. The monoisotopic (exact) mass is 164 g/mol. The molecule has 0 rings (SSSR count). The first-order valence-corrected chi connectivity index (χ1v) is 3.23. The Balaban J connectivity index is 0. The van der Waals surface area contributed by atoms with Crippen molar-refractivity contribution in [1.82, 2.24) is 0 Å². The summed E-state index contributed by atoms with van der Waals surface area (Å²) in [4.78, 5) is 0. The summed E-state index contributed by atoms with van der Waals surface area (Å²) >= 11 is 0. The quantitative estimate of drug-likeness (QED) is 0.615. The van der Waals surface area contributed by atoms with Crippen molar-refractivity contribution in [3.05, 3.63) is 0 Å². The first kappa shape index (κ1) is 12.4. The normalized spacial score (nSPS) is 10.7. The molecule has 0 atom stereocenters. The van der Waals surface area contributed by atoms with E-state index in [4.69, 9.17) is 0 Å². The zero-order valence-electron chi connectivity index (χ0n) is 6.68. The van der Waals surface area contributed by atoms with Gasteiger partial charge < -0.3 is 5.11 Å². The Bertz CT molecular complexity index is 53.9. The second kappa shape index (κ2) is 5.46. The second-order valence-electron chi connectivity index (χ2n) is 2.98. The number of aliphatic hydroxyl groups excluding tert-OH is 1. The average Bonchev–Trinajstić information content (AvgIpc) is 1.64. The summed E-state index contributed by atoms with van der Waals surface area (Å²) in [5.41, 5.74) is 0. The van der Waals surface area contributed by atoms with Crippen LogP contribution in [0, 0.1) is 11.8 Å². The summed E-state index contributed by atoms with van der Waals surface area (Å²) in [6.07, 6.45) is -0.130. The average molecular weight is 164 g/mol. The second-order valence-corrected chi connectivity index (χ2v) is 2.98. The molecule has 0 aliphatic carbocycles. The van der Waals surface area contributed by atoms with Crippen molar-refractivity contribution in [1.29, 1.82) is 0 Å². The minimum absolute atomic E-state index is 0. The Morgan fingerprint density at radius 3 is 1.11 bits per heavy atom. The predicted molar refractivity (Wildman–Crippen MR) is 35.7 cm³/mol. The molecule has 0 aromatic rings. The van der Waals surface area contributed by atoms with Gasteiger partial charge in [-0.05, 0) is 11.8 Å². The fraction of sp³-hybridized carbons (Fsp3) is 1.00. The maximum Gasteiger partial charge on any atom is 0.0586 e. The molecular weight excluding hydrogens is 148 g/mol. The van der Waals surface area contributed by atoms with Gasteiger partial charge in [0.1, 0.15) is 0 Å². The molecule has 0 aromatic heterocycles. The maximum absolute atomic E-state index is 9.20. The van der Waals surface area contributed by atoms with Gasteiger partial charge in [-0.25, -0.2) is 0 Å². The minimum Gasteiger partial charge on any atom is -0.393 e. The van der Waals surface area contributed by atoms with Gasteiger partial charge in [-0.3, -0.25) is 0 Å². The van der Waals surface area contributed by atoms with E-state index < -0.39 is 0 Å². The van der Waals surface area contributed by atoms with E-state index >= 15 is 0 Å². The van der Waals surface area contributed by atoms with Crippen LogP contribution in [0.5, 0.6) is 0 Å². The summed E-state index contributed by atoms with van der Waals surface area (Å²) in [5.74, 6) is 0.796. The van der Waals surface area contributed by atoms with Gasteiger partial charge >= 0.3 is 0 Å². The van der Waals surface area contributed by atoms with Crippen molar-refractivity contribution in [2.75, 3.05) is 0 Å². The van der Waals surface area contributed by atoms with Gasteiger partial charge in [0.25, 0.3) is 0 Å². The largest absolute Gasteiger partial charge is 0.393 e. The van der Waals surface area contributed by atoms with Crippen LogP contribution in [0.1, 0.15) is 27.7 Å². The third-order valence-electron chi connectivity index (χ3n) is 1.37. The van der Waals surface area contributed by atoms with Gasteiger partial charge in [-0.15, -0.1) is 0 Å². The molecule has 0 radical (unpaired) electrons. The van der Waals surface area contributed by atoms with Crippen molar-refractivity contribution in [2.24, 2.45) is 11.8 Å². The standard InChI is InChI=1S/C7H16O.Ti/c1-5(2)7(8)6(3)4;/h5-8H,1-4H3;. The molecule has 0 amide bonds. The van der Waals surface area contributed by atoms with Gasteiger partial charge in [0, 0.05) is 21.7 Å². The van der Waals surface area contributed by atoms with E-state index in [9.17, 15) is 5.11 Å². The van der Waals surface area contributed by atoms with Crippen molar-refractivity contribution in [3.8, 4) is 0 Å². The van der Waals surface area contributed by atoms with Crippen molar-refractivity contribution < 1.29 is 26.8 Å². The van der Waals surface area contributed by atoms with Gasteiger partial charge in [-0.2, -0.15) is 0 Å². The molecule has 0 aromatic carbocycles. The Labute approximate surface area is 72.7 Å². The number of hydrogen-bond acceptors (Lipinski definition) is 1. The van der Waals surface area contributed by atoms with Crippen LogP contribution >= 0.6 is 0 Å². The maximum atomic E-state index is 9.20. The van der Waals surface area contributed by atoms with Gasteiger partial charge in [0.2, 0.25) is 0 Å². The van der Waals surface area contributed by atoms with Crippen molar-refractivity contribution in [3.63, 3.8) is 0 Å². The Hall–Kier alpha value is 0.674. The minimum atomic E-state index is -0.130. The molecule has 0 aliphatic rings. The summed E-state index contributed by atoms with van der Waals surface area (Å²) in [5, 5.41) is 9.20. The molecule has 0 bridgehead atoms. The summed E-state index contributed by atoms with van der Waals surface area (Å²) in [6.45, 7) is 8.13. The zero-order chi connectivity index (χ0) is 6.73. The van der Waals surface area contributed by atoms with E-state index in [1.54, 1.807) is 0 Å². The molecule has 0 aliphatic heterocycles. The molecule has 2 heteroatoms. The smallest absolute Gasteiger partial charge is 0.0586 e. The molecular formula is C7H16OTi. The van der Waals surface area contributed by atoms with Crippen molar-refractivity contribution in [2.45, 2.75) is 33.8 Å². The van der Waals surface area contributed by atoms with E-state index in [1.165, 1.54) is 0 Å². The third kappa shape index (κ3) is 5.14. The van der Waals surface area contributed by atoms with Gasteiger partial charge in [-0.1, -0.05) is 27.7 Å². The molecule has 0 saturated heterocycles. The number of rotatable bonds is 2. The van der Waals surface area contributed by atoms with Crippen LogP contribution in [0.15, 0.2) is 0 Å². The molecule has 9 heavy (non-hydrogen) atoms. The molecule has 1 nitrogen and oxygen atoms in total. The van der Waals surface area contributed by atoms with Crippen LogP contribution in [-0.2, 0) is 21.7 Å². The summed E-state index contributed by atoms with van der Waals surface area (Å²) < 4.78 is 0. The van der Waals surface area contributed by atoms with E-state index in [-0.39, 0.29) is 27.8 Å². The van der Waals surface area contributed by atoms with Crippen LogP contribution in [0.4, 0.5) is 0 Å². The van der Waals surface area contributed by atoms with Crippen LogP contribution in [0.2, 0.25) is 0 Å². The Morgan fingerprint density at radius 2 is 1.11 bits per heavy atom. The first-order valence-electron chi connectivity index (χ1n) is 3.23. The number of hydrogen-bond donors (Lipinski definition) is 1. The third-order valence-corrected chi connectivity index (χ3v) is 1.37. The van der Waals surface area contributed by atoms with E-state index in [0.717, 1.165) is 0 Å². The van der Waals surface area contributed by atoms with E-state index in [1.807, 2.05) is 27.7 Å². The molecule has 1 N–H and O–H groups in total. The molecule has 0 heterocycles. The Kier molecular flexibility index (Phi) is 7.50. The summed E-state index contributed by atoms with van der Waals surface area (Å²) in [7, 11) is 0. The van der Waals surface area contributed by atoms with Gasteiger partial charge in [0.15, 0.2) is 0 Å². The fourth-order valence-corrected chi connectivity index (χ4v) is 0.770. The van der Waals surface area contributed by atoms with Gasteiger partial charge in [0.05, 0.1) is 6.10 Å². The molecule has 0 unspecified atom stereocenters. The molecule has 54 valence electrons. The van der Waals surface area contributed by atoms with Crippen LogP contribution in [-0.4, -0.2) is 11.2 Å². The summed E-state index contributed by atoms with van der Waals surface area (Å²) in [6, 6.07) is 0. The SMILES string of the molecule is CC(C)C(O)C(C)C.[Ti]. The van der Waals surface area contributed by atoms with Crippen LogP contribution in [0.3, 0.4) is 0 Å². The molecule has 0 spiro atoms. The van der Waals surface area contributed by atoms with Crippen LogP contribution < -0.4 is 0 Å². The topological polar surface area (TPSA) is 20.2 Å². The molecule has 0 saturated carbocycles. The number of aliphatic hydroxyl groups is 1. The van der Waals surface area contributed by atoms with E-state index in [0.29, 0.717) is 11.8 Å². The van der Waals surface area contributed by atoms with Crippen LogP contribution in [0.25, 0.3) is 0 Å². The zero-order valence-corrected chi connectivity index (χ0v) is 8.24. The molecule has 0 fully saturated rings. The van der Waals surface area contributed by atoms with E-state index in [2.05, 4.69) is 0 Å². The first-order chi connectivity index (χ1) is 3.55. The fourth-order valence-electron chi connectivity index (χ4n) is 0.770.